The molecule has 1 aromatic heterocycles. The second kappa shape index (κ2) is 4.08. The summed E-state index contributed by atoms with van der Waals surface area (Å²) in [5.41, 5.74) is 0.886. The highest BCUT2D eigenvalue weighted by atomic mass is 19.1. The molecule has 0 unspecified atom stereocenters. The van der Waals surface area contributed by atoms with Gasteiger partial charge in [-0.15, -0.1) is 0 Å². The number of fused-ring (bicyclic) bond motifs is 1. The van der Waals surface area contributed by atoms with Crippen molar-refractivity contribution in [3.8, 4) is 5.75 Å². The van der Waals surface area contributed by atoms with E-state index in [1.165, 1.54) is 26.4 Å². The number of halogens is 1. The van der Waals surface area contributed by atoms with Crippen molar-refractivity contribution < 1.29 is 18.7 Å². The maximum absolute atomic E-state index is 13.7. The highest BCUT2D eigenvalue weighted by molar-refractivity contribution is 5.96. The first-order valence-electron chi connectivity index (χ1n) is 4.99. The third-order valence-corrected chi connectivity index (χ3v) is 2.72. The first-order valence-corrected chi connectivity index (χ1v) is 4.99. The van der Waals surface area contributed by atoms with E-state index < -0.39 is 11.8 Å². The Kier molecular flexibility index (Phi) is 2.75. The average Bonchev–Trinajstić information content (AvgIpc) is 2.67. The molecule has 5 heteroatoms. The minimum Gasteiger partial charge on any atom is -0.497 e. The van der Waals surface area contributed by atoms with Crippen LogP contribution in [-0.2, 0) is 11.8 Å². The fourth-order valence-corrected chi connectivity index (χ4v) is 1.78. The molecule has 17 heavy (non-hydrogen) atoms. The van der Waals surface area contributed by atoms with Crippen LogP contribution in [0.4, 0.5) is 4.39 Å². The number of nitrogens with zero attached hydrogens (tertiary/aromatic N) is 1. The van der Waals surface area contributed by atoms with Gasteiger partial charge in [-0.2, -0.15) is 0 Å². The Balaban J connectivity index is 2.73. The molecular formula is C12H12FNO3. The van der Waals surface area contributed by atoms with E-state index in [-0.39, 0.29) is 0 Å². The lowest BCUT2D eigenvalue weighted by molar-refractivity contribution is 0.0590. The van der Waals surface area contributed by atoms with Crippen molar-refractivity contribution >= 4 is 16.9 Å². The number of aromatic nitrogens is 1. The third-order valence-electron chi connectivity index (χ3n) is 2.72. The Morgan fingerprint density at radius 2 is 2.00 bits per heavy atom. The zero-order chi connectivity index (χ0) is 12.6. The summed E-state index contributed by atoms with van der Waals surface area (Å²) in [6, 6.07) is 4.42. The van der Waals surface area contributed by atoms with Gasteiger partial charge < -0.3 is 14.0 Å². The van der Waals surface area contributed by atoms with Crippen LogP contribution in [-0.4, -0.2) is 24.8 Å². The predicted octanol–water partition coefficient (Wildman–Crippen LogP) is 2.11. The lowest BCUT2D eigenvalue weighted by Crippen LogP contribution is -2.06. The average molecular weight is 237 g/mol. The number of aryl methyl sites for hydroxylation is 1. The number of benzene rings is 1. The molecule has 0 bridgehead atoms. The molecule has 0 atom stereocenters. The molecule has 2 aromatic rings. The summed E-state index contributed by atoms with van der Waals surface area (Å²) in [6.07, 6.45) is 0. The van der Waals surface area contributed by atoms with Crippen LogP contribution < -0.4 is 4.74 Å². The van der Waals surface area contributed by atoms with E-state index >= 15 is 0 Å². The van der Waals surface area contributed by atoms with Crippen molar-refractivity contribution in [3.05, 3.63) is 29.7 Å². The first-order chi connectivity index (χ1) is 8.08. The van der Waals surface area contributed by atoms with Crippen LogP contribution in [0, 0.1) is 5.82 Å². The van der Waals surface area contributed by atoms with E-state index in [9.17, 15) is 9.18 Å². The van der Waals surface area contributed by atoms with Crippen molar-refractivity contribution in [1.82, 2.24) is 4.57 Å². The summed E-state index contributed by atoms with van der Waals surface area (Å²) in [6.45, 7) is 0. The van der Waals surface area contributed by atoms with E-state index in [1.54, 1.807) is 17.7 Å². The maximum Gasteiger partial charge on any atom is 0.354 e. The van der Waals surface area contributed by atoms with Crippen molar-refractivity contribution in [2.24, 2.45) is 7.05 Å². The maximum atomic E-state index is 13.7. The van der Waals surface area contributed by atoms with Crippen LogP contribution in [0.5, 0.6) is 5.75 Å². The van der Waals surface area contributed by atoms with Crippen LogP contribution >= 0.6 is 0 Å². The molecule has 0 saturated heterocycles. The summed E-state index contributed by atoms with van der Waals surface area (Å²) >= 11 is 0. The molecule has 0 radical (unpaired) electrons. The van der Waals surface area contributed by atoms with Gasteiger partial charge in [-0.3, -0.25) is 0 Å². The van der Waals surface area contributed by atoms with Crippen LogP contribution in [0.3, 0.4) is 0 Å². The zero-order valence-corrected chi connectivity index (χ0v) is 9.78. The molecule has 0 aliphatic carbocycles. The number of ether oxygens (including phenoxy) is 2. The minimum absolute atomic E-state index is 0.301. The van der Waals surface area contributed by atoms with Crippen LogP contribution in [0.1, 0.15) is 10.5 Å². The first kappa shape index (κ1) is 11.4. The lowest BCUT2D eigenvalue weighted by atomic mass is 10.2. The monoisotopic (exact) mass is 237 g/mol. The quantitative estimate of drug-likeness (QED) is 0.751. The van der Waals surface area contributed by atoms with Gasteiger partial charge in [0.25, 0.3) is 0 Å². The molecule has 0 saturated carbocycles. The SMILES string of the molecule is COC(=O)c1cc2c(F)cc(OC)cc2n1C. The number of esters is 1. The lowest BCUT2D eigenvalue weighted by Gasteiger charge is -2.04. The fourth-order valence-electron chi connectivity index (χ4n) is 1.78. The number of rotatable bonds is 2. The Morgan fingerprint density at radius 3 is 2.59 bits per heavy atom. The summed E-state index contributed by atoms with van der Waals surface area (Å²) in [5.74, 6) is -0.514. The Labute approximate surface area is 97.5 Å². The highest BCUT2D eigenvalue weighted by Crippen LogP contribution is 2.27. The van der Waals surface area contributed by atoms with Gasteiger partial charge in [-0.25, -0.2) is 9.18 Å². The van der Waals surface area contributed by atoms with Gasteiger partial charge in [-0.1, -0.05) is 0 Å². The van der Waals surface area contributed by atoms with Gasteiger partial charge in [0.15, 0.2) is 0 Å². The summed E-state index contributed by atoms with van der Waals surface area (Å²) in [7, 11) is 4.43. The molecule has 0 aliphatic heterocycles. The van der Waals surface area contributed by atoms with E-state index in [0.29, 0.717) is 22.3 Å². The molecule has 4 nitrogen and oxygen atoms in total. The Bertz CT molecular complexity index is 589. The van der Waals surface area contributed by atoms with Crippen molar-refractivity contribution in [1.29, 1.82) is 0 Å². The van der Waals surface area contributed by atoms with E-state index in [1.807, 2.05) is 0 Å². The molecule has 90 valence electrons. The molecule has 0 aliphatic rings. The number of carbonyl (C=O) groups is 1. The molecular weight excluding hydrogens is 225 g/mol. The second-order valence-corrected chi connectivity index (χ2v) is 3.62. The van der Waals surface area contributed by atoms with Crippen LogP contribution in [0.2, 0.25) is 0 Å². The number of hydrogen-bond acceptors (Lipinski definition) is 3. The van der Waals surface area contributed by atoms with Gasteiger partial charge in [-0.05, 0) is 6.07 Å². The highest BCUT2D eigenvalue weighted by Gasteiger charge is 2.16. The fraction of sp³-hybridized carbons (Fsp3) is 0.250. The third kappa shape index (κ3) is 1.73. The van der Waals surface area contributed by atoms with Gasteiger partial charge in [0.05, 0.1) is 19.7 Å². The molecule has 0 amide bonds. The second-order valence-electron chi connectivity index (χ2n) is 3.62. The Morgan fingerprint density at radius 1 is 1.29 bits per heavy atom. The molecule has 0 fully saturated rings. The largest absolute Gasteiger partial charge is 0.497 e. The molecule has 0 spiro atoms. The normalized spacial score (nSPS) is 10.6. The van der Waals surface area contributed by atoms with Crippen LogP contribution in [0.25, 0.3) is 10.9 Å². The van der Waals surface area contributed by atoms with Crippen molar-refractivity contribution in [2.45, 2.75) is 0 Å². The van der Waals surface area contributed by atoms with Crippen molar-refractivity contribution in [3.63, 3.8) is 0 Å². The molecule has 2 rings (SSSR count). The van der Waals surface area contributed by atoms with E-state index in [2.05, 4.69) is 4.74 Å². The zero-order valence-electron chi connectivity index (χ0n) is 9.78. The van der Waals surface area contributed by atoms with Gasteiger partial charge in [0, 0.05) is 24.6 Å². The summed E-state index contributed by atoms with van der Waals surface area (Å²) in [5, 5.41) is 0.369. The standard InChI is InChI=1S/C12H12FNO3/c1-14-10-5-7(16-2)4-9(13)8(10)6-11(14)12(15)17-3/h4-6H,1-3H3. The summed E-state index contributed by atoms with van der Waals surface area (Å²) < 4.78 is 24.9. The minimum atomic E-state index is -0.498. The van der Waals surface area contributed by atoms with Gasteiger partial charge in [0.2, 0.25) is 0 Å². The number of carbonyl (C=O) groups excluding carboxylic acids is 1. The smallest absolute Gasteiger partial charge is 0.354 e. The van der Waals surface area contributed by atoms with Gasteiger partial charge in [0.1, 0.15) is 17.3 Å². The molecule has 0 N–H and O–H groups in total. The van der Waals surface area contributed by atoms with E-state index in [4.69, 9.17) is 4.74 Å². The predicted molar refractivity (Wildman–Crippen MR) is 60.8 cm³/mol. The Hall–Kier alpha value is -2.04. The molecule has 1 heterocycles. The summed E-state index contributed by atoms with van der Waals surface area (Å²) in [4.78, 5) is 11.5. The molecule has 1 aromatic carbocycles. The van der Waals surface area contributed by atoms with Crippen LogP contribution in [0.15, 0.2) is 18.2 Å². The van der Waals surface area contributed by atoms with Gasteiger partial charge >= 0.3 is 5.97 Å². The number of hydrogen-bond donors (Lipinski definition) is 0. The number of methoxy groups -OCH3 is 2. The topological polar surface area (TPSA) is 40.5 Å². The van der Waals surface area contributed by atoms with Crippen molar-refractivity contribution in [2.75, 3.05) is 14.2 Å². The van der Waals surface area contributed by atoms with E-state index in [0.717, 1.165) is 0 Å².